The molecule has 146 valence electrons. The maximum atomic E-state index is 9.88. The number of nitriles is 1. The Morgan fingerprint density at radius 3 is 2.72 bits per heavy atom. The van der Waals surface area contributed by atoms with Gasteiger partial charge in [-0.05, 0) is 24.6 Å². The summed E-state index contributed by atoms with van der Waals surface area (Å²) in [5.74, 6) is 0.698. The van der Waals surface area contributed by atoms with E-state index in [4.69, 9.17) is 15.2 Å². The van der Waals surface area contributed by atoms with Crippen LogP contribution in [-0.2, 0) is 0 Å². The number of benzene rings is 2. The zero-order chi connectivity index (χ0) is 20.4. The third-order valence-electron chi connectivity index (χ3n) is 4.76. The van der Waals surface area contributed by atoms with Crippen LogP contribution in [0.1, 0.15) is 30.4 Å². The van der Waals surface area contributed by atoms with E-state index in [1.54, 1.807) is 0 Å². The van der Waals surface area contributed by atoms with Crippen LogP contribution in [-0.4, -0.2) is 16.8 Å². The molecule has 0 radical (unpaired) electrons. The average Bonchev–Trinajstić information content (AvgIpc) is 3.15. The van der Waals surface area contributed by atoms with Crippen LogP contribution in [0.15, 0.2) is 64.5 Å². The number of nitrogens with one attached hydrogen (secondary N) is 1. The topological polar surface area (TPSA) is 96.9 Å². The Hall–Kier alpha value is -3.24. The van der Waals surface area contributed by atoms with Crippen LogP contribution < -0.4 is 15.2 Å². The lowest BCUT2D eigenvalue weighted by atomic mass is 9.82. The maximum absolute atomic E-state index is 9.88. The summed E-state index contributed by atoms with van der Waals surface area (Å²) in [5.41, 5.74) is 9.75. The molecule has 29 heavy (non-hydrogen) atoms. The van der Waals surface area contributed by atoms with Crippen molar-refractivity contribution in [2.24, 2.45) is 5.73 Å². The molecule has 0 saturated heterocycles. The van der Waals surface area contributed by atoms with Crippen molar-refractivity contribution in [1.29, 1.82) is 5.26 Å². The standard InChI is InChI=1S/C22H19BrN4O2/c1-2-11-28-17-6-4-3-5-15(17)18-16(12-24)21(25)29-22-19(18)20(26-27-22)13-7-9-14(23)10-8-13/h3-10,18H,2,11,25H2,1H3,(H,26,27). The van der Waals surface area contributed by atoms with Gasteiger partial charge in [-0.15, -0.1) is 5.10 Å². The van der Waals surface area contributed by atoms with Crippen LogP contribution in [0.25, 0.3) is 11.3 Å². The largest absolute Gasteiger partial charge is 0.493 e. The van der Waals surface area contributed by atoms with E-state index in [0.717, 1.165) is 39.0 Å². The van der Waals surface area contributed by atoms with Gasteiger partial charge in [0.05, 0.1) is 23.8 Å². The van der Waals surface area contributed by atoms with Crippen molar-refractivity contribution in [3.8, 4) is 29.0 Å². The second kappa shape index (κ2) is 8.02. The monoisotopic (exact) mass is 450 g/mol. The Morgan fingerprint density at radius 1 is 1.24 bits per heavy atom. The summed E-state index contributed by atoms with van der Waals surface area (Å²) in [6.45, 7) is 2.63. The molecule has 4 rings (SSSR count). The summed E-state index contributed by atoms with van der Waals surface area (Å²) in [4.78, 5) is 0. The number of para-hydroxylation sites is 1. The molecule has 0 amide bonds. The molecular formula is C22H19BrN4O2. The van der Waals surface area contributed by atoms with Gasteiger partial charge < -0.3 is 15.2 Å². The molecule has 1 unspecified atom stereocenters. The molecule has 0 saturated carbocycles. The number of aromatic amines is 1. The fraction of sp³-hybridized carbons (Fsp3) is 0.182. The van der Waals surface area contributed by atoms with Crippen LogP contribution in [0.2, 0.25) is 0 Å². The van der Waals surface area contributed by atoms with Crippen molar-refractivity contribution in [3.05, 3.63) is 75.6 Å². The number of allylic oxidation sites excluding steroid dienone is 1. The van der Waals surface area contributed by atoms with Crippen molar-refractivity contribution in [1.82, 2.24) is 10.2 Å². The molecule has 3 aromatic rings. The minimum Gasteiger partial charge on any atom is -0.493 e. The number of nitrogens with two attached hydrogens (primary N) is 1. The second-order valence-corrected chi connectivity index (χ2v) is 7.55. The summed E-state index contributed by atoms with van der Waals surface area (Å²) in [5, 5.41) is 17.3. The molecule has 2 heterocycles. The Kier molecular flexibility index (Phi) is 5.28. The Balaban J connectivity index is 1.92. The maximum Gasteiger partial charge on any atom is 0.244 e. The van der Waals surface area contributed by atoms with Gasteiger partial charge in [-0.3, -0.25) is 5.10 Å². The number of rotatable bonds is 5. The summed E-state index contributed by atoms with van der Waals surface area (Å²) in [6, 6.07) is 17.8. The van der Waals surface area contributed by atoms with Crippen molar-refractivity contribution >= 4 is 15.9 Å². The highest BCUT2D eigenvalue weighted by Crippen LogP contribution is 2.47. The highest BCUT2D eigenvalue weighted by atomic mass is 79.9. The van der Waals surface area contributed by atoms with Crippen molar-refractivity contribution in [2.45, 2.75) is 19.3 Å². The lowest BCUT2D eigenvalue weighted by Crippen LogP contribution is -2.21. The first-order valence-corrected chi connectivity index (χ1v) is 10.1. The van der Waals surface area contributed by atoms with Gasteiger partial charge in [-0.2, -0.15) is 5.26 Å². The molecular weight excluding hydrogens is 432 g/mol. The molecule has 0 fully saturated rings. The number of fused-ring (bicyclic) bond motifs is 1. The molecule has 0 bridgehead atoms. The smallest absolute Gasteiger partial charge is 0.244 e. The van der Waals surface area contributed by atoms with Gasteiger partial charge in [-0.25, -0.2) is 0 Å². The van der Waals surface area contributed by atoms with Gasteiger partial charge in [0.25, 0.3) is 0 Å². The first-order valence-electron chi connectivity index (χ1n) is 9.27. The van der Waals surface area contributed by atoms with Crippen LogP contribution in [0.5, 0.6) is 11.6 Å². The van der Waals surface area contributed by atoms with Gasteiger partial charge in [0, 0.05) is 15.6 Å². The Morgan fingerprint density at radius 2 is 2.00 bits per heavy atom. The molecule has 3 N–H and O–H groups in total. The van der Waals surface area contributed by atoms with E-state index < -0.39 is 5.92 Å². The van der Waals surface area contributed by atoms with Crippen LogP contribution in [0.4, 0.5) is 0 Å². The van der Waals surface area contributed by atoms with E-state index in [2.05, 4.69) is 39.1 Å². The van der Waals surface area contributed by atoms with Gasteiger partial charge in [-0.1, -0.05) is 53.2 Å². The summed E-state index contributed by atoms with van der Waals surface area (Å²) >= 11 is 3.46. The zero-order valence-corrected chi connectivity index (χ0v) is 17.4. The summed E-state index contributed by atoms with van der Waals surface area (Å²) in [7, 11) is 0. The molecule has 7 heteroatoms. The second-order valence-electron chi connectivity index (χ2n) is 6.64. The van der Waals surface area contributed by atoms with Gasteiger partial charge in [0.2, 0.25) is 11.8 Å². The lowest BCUT2D eigenvalue weighted by molar-refractivity contribution is 0.312. The number of hydrogen-bond acceptors (Lipinski definition) is 5. The van der Waals surface area contributed by atoms with Crippen LogP contribution in [0, 0.1) is 11.3 Å². The van der Waals surface area contributed by atoms with E-state index >= 15 is 0 Å². The molecule has 0 aliphatic carbocycles. The molecule has 1 aliphatic heterocycles. The van der Waals surface area contributed by atoms with E-state index in [1.807, 2.05) is 48.5 Å². The first kappa shape index (κ1) is 19.1. The molecule has 1 atom stereocenters. The highest BCUT2D eigenvalue weighted by molar-refractivity contribution is 9.10. The number of H-pyrrole nitrogens is 1. The minimum absolute atomic E-state index is 0.0594. The summed E-state index contributed by atoms with van der Waals surface area (Å²) < 4.78 is 12.6. The average molecular weight is 451 g/mol. The highest BCUT2D eigenvalue weighted by Gasteiger charge is 2.37. The van der Waals surface area contributed by atoms with Crippen molar-refractivity contribution < 1.29 is 9.47 Å². The minimum atomic E-state index is -0.450. The SMILES string of the molecule is CCCOc1ccccc1C1C(C#N)=C(N)Oc2n[nH]c(-c3ccc(Br)cc3)c21. The number of ether oxygens (including phenoxy) is 2. The van der Waals surface area contributed by atoms with Crippen molar-refractivity contribution in [2.75, 3.05) is 6.61 Å². The van der Waals surface area contributed by atoms with Gasteiger partial charge in [0.1, 0.15) is 17.4 Å². The van der Waals surface area contributed by atoms with Gasteiger partial charge >= 0.3 is 0 Å². The fourth-order valence-corrected chi connectivity index (χ4v) is 3.72. The first-order chi connectivity index (χ1) is 14.1. The third-order valence-corrected chi connectivity index (χ3v) is 5.29. The molecule has 0 spiro atoms. The molecule has 2 aromatic carbocycles. The fourth-order valence-electron chi connectivity index (χ4n) is 3.46. The number of hydrogen-bond donors (Lipinski definition) is 2. The lowest BCUT2D eigenvalue weighted by Gasteiger charge is -2.25. The molecule has 1 aliphatic rings. The number of aromatic nitrogens is 2. The van der Waals surface area contributed by atoms with E-state index in [9.17, 15) is 5.26 Å². The number of nitrogens with zero attached hydrogens (tertiary/aromatic N) is 2. The van der Waals surface area contributed by atoms with E-state index in [0.29, 0.717) is 18.1 Å². The van der Waals surface area contributed by atoms with E-state index in [-0.39, 0.29) is 5.88 Å². The zero-order valence-electron chi connectivity index (χ0n) is 15.8. The molecule has 6 nitrogen and oxygen atoms in total. The predicted octanol–water partition coefficient (Wildman–Crippen LogP) is 4.85. The third kappa shape index (κ3) is 3.47. The number of halogens is 1. The normalized spacial score (nSPS) is 15.4. The van der Waals surface area contributed by atoms with Crippen LogP contribution in [0.3, 0.4) is 0 Å². The van der Waals surface area contributed by atoms with Gasteiger partial charge in [0.15, 0.2) is 0 Å². The predicted molar refractivity (Wildman–Crippen MR) is 113 cm³/mol. The van der Waals surface area contributed by atoms with E-state index in [1.165, 1.54) is 0 Å². The van der Waals surface area contributed by atoms with Crippen molar-refractivity contribution in [3.63, 3.8) is 0 Å². The summed E-state index contributed by atoms with van der Waals surface area (Å²) in [6.07, 6.45) is 0.881. The quantitative estimate of drug-likeness (QED) is 0.578. The van der Waals surface area contributed by atoms with Crippen LogP contribution >= 0.6 is 15.9 Å². The Bertz CT molecular complexity index is 1110. The molecule has 1 aromatic heterocycles. The Labute approximate surface area is 177 Å².